The maximum Gasteiger partial charge on any atom is 0.240 e. The maximum absolute atomic E-state index is 12.4. The summed E-state index contributed by atoms with van der Waals surface area (Å²) in [5, 5.41) is 0. The first-order valence-electron chi connectivity index (χ1n) is 7.18. The highest BCUT2D eigenvalue weighted by atomic mass is 32.2. The van der Waals surface area contributed by atoms with E-state index < -0.39 is 10.0 Å². The van der Waals surface area contributed by atoms with Gasteiger partial charge in [0.25, 0.3) is 0 Å². The normalized spacial score (nSPS) is 11.4. The Morgan fingerprint density at radius 2 is 1.91 bits per heavy atom. The molecule has 5 heteroatoms. The predicted molar refractivity (Wildman–Crippen MR) is 87.6 cm³/mol. The molecule has 1 N–H and O–H groups in total. The molecule has 0 aromatic heterocycles. The van der Waals surface area contributed by atoms with E-state index in [1.165, 1.54) is 0 Å². The summed E-state index contributed by atoms with van der Waals surface area (Å²) in [7, 11) is -1.95. The van der Waals surface area contributed by atoms with Crippen molar-refractivity contribution in [1.82, 2.24) is 4.72 Å². The lowest BCUT2D eigenvalue weighted by molar-refractivity contribution is 0.409. The molecule has 118 valence electrons. The first-order chi connectivity index (χ1) is 10.5. The van der Waals surface area contributed by atoms with E-state index in [4.69, 9.17) is 4.74 Å². The molecule has 0 radical (unpaired) electrons. The standard InChI is InChI=1S/C17H21NO3S/c1-4-15-11-16(8-9-17(15)21-3)22(19,20)18-12-14-7-5-6-13(2)10-14/h5-11,18H,4,12H2,1-3H3. The topological polar surface area (TPSA) is 55.4 Å². The molecule has 0 spiro atoms. The van der Waals surface area contributed by atoms with Crippen molar-refractivity contribution in [2.75, 3.05) is 7.11 Å². The Balaban J connectivity index is 2.20. The van der Waals surface area contributed by atoms with E-state index in [1.807, 2.05) is 38.1 Å². The minimum absolute atomic E-state index is 0.262. The van der Waals surface area contributed by atoms with Gasteiger partial charge in [0.15, 0.2) is 0 Å². The number of rotatable bonds is 6. The quantitative estimate of drug-likeness (QED) is 0.890. The van der Waals surface area contributed by atoms with Gasteiger partial charge in [0.2, 0.25) is 10.0 Å². The molecule has 0 atom stereocenters. The van der Waals surface area contributed by atoms with Gasteiger partial charge < -0.3 is 4.74 Å². The van der Waals surface area contributed by atoms with Gasteiger partial charge in [-0.15, -0.1) is 0 Å². The Morgan fingerprint density at radius 3 is 2.55 bits per heavy atom. The lowest BCUT2D eigenvalue weighted by atomic mass is 10.1. The Kier molecular flexibility index (Phi) is 5.21. The number of aryl methyl sites for hydroxylation is 2. The fourth-order valence-corrected chi connectivity index (χ4v) is 3.35. The van der Waals surface area contributed by atoms with E-state index >= 15 is 0 Å². The minimum atomic E-state index is -3.53. The number of hydrogen-bond acceptors (Lipinski definition) is 3. The van der Waals surface area contributed by atoms with Crippen molar-refractivity contribution in [3.05, 3.63) is 59.2 Å². The molecule has 2 rings (SSSR count). The highest BCUT2D eigenvalue weighted by molar-refractivity contribution is 7.89. The zero-order chi connectivity index (χ0) is 16.2. The highest BCUT2D eigenvalue weighted by Gasteiger charge is 2.15. The molecule has 0 aliphatic carbocycles. The van der Waals surface area contributed by atoms with E-state index in [0.717, 1.165) is 16.7 Å². The van der Waals surface area contributed by atoms with Crippen molar-refractivity contribution in [3.63, 3.8) is 0 Å². The second-order valence-corrected chi connectivity index (χ2v) is 6.91. The molecule has 4 nitrogen and oxygen atoms in total. The smallest absolute Gasteiger partial charge is 0.240 e. The third kappa shape index (κ3) is 3.87. The number of methoxy groups -OCH3 is 1. The Hall–Kier alpha value is -1.85. The average Bonchev–Trinajstić information content (AvgIpc) is 2.52. The molecule has 0 bridgehead atoms. The van der Waals surface area contributed by atoms with Crippen LogP contribution in [-0.2, 0) is 23.0 Å². The summed E-state index contributed by atoms with van der Waals surface area (Å²) in [6, 6.07) is 12.7. The molecule has 0 saturated carbocycles. The van der Waals surface area contributed by atoms with Gasteiger partial charge in [-0.25, -0.2) is 13.1 Å². The number of sulfonamides is 1. The van der Waals surface area contributed by atoms with Crippen LogP contribution in [0.15, 0.2) is 47.4 Å². The lowest BCUT2D eigenvalue weighted by Gasteiger charge is -2.11. The largest absolute Gasteiger partial charge is 0.496 e. The van der Waals surface area contributed by atoms with Gasteiger partial charge in [-0.05, 0) is 42.7 Å². The summed E-state index contributed by atoms with van der Waals surface area (Å²) in [5.41, 5.74) is 2.92. The van der Waals surface area contributed by atoms with Crippen molar-refractivity contribution in [3.8, 4) is 5.75 Å². The highest BCUT2D eigenvalue weighted by Crippen LogP contribution is 2.23. The van der Waals surface area contributed by atoms with E-state index in [9.17, 15) is 8.42 Å². The molecule has 0 aliphatic rings. The summed E-state index contributed by atoms with van der Waals surface area (Å²) < 4.78 is 32.7. The van der Waals surface area contributed by atoms with Crippen LogP contribution in [0.3, 0.4) is 0 Å². The van der Waals surface area contributed by atoms with Crippen LogP contribution in [0.25, 0.3) is 0 Å². The van der Waals surface area contributed by atoms with Gasteiger partial charge in [0.1, 0.15) is 5.75 Å². The van der Waals surface area contributed by atoms with Gasteiger partial charge in [-0.1, -0.05) is 36.8 Å². The maximum atomic E-state index is 12.4. The van der Waals surface area contributed by atoms with Gasteiger partial charge in [-0.2, -0.15) is 0 Å². The Bertz CT molecular complexity index is 754. The second kappa shape index (κ2) is 6.94. The minimum Gasteiger partial charge on any atom is -0.496 e. The molecule has 0 aliphatic heterocycles. The third-order valence-corrected chi connectivity index (χ3v) is 4.89. The van der Waals surface area contributed by atoms with E-state index in [-0.39, 0.29) is 11.4 Å². The predicted octanol–water partition coefficient (Wildman–Crippen LogP) is 3.04. The van der Waals surface area contributed by atoms with Crippen LogP contribution in [0.1, 0.15) is 23.6 Å². The summed E-state index contributed by atoms with van der Waals surface area (Å²) in [5.74, 6) is 0.708. The Labute approximate surface area is 132 Å². The number of ether oxygens (including phenoxy) is 1. The van der Waals surface area contributed by atoms with Crippen LogP contribution in [-0.4, -0.2) is 15.5 Å². The first-order valence-corrected chi connectivity index (χ1v) is 8.66. The van der Waals surface area contributed by atoms with Crippen molar-refractivity contribution in [2.45, 2.75) is 31.7 Å². The van der Waals surface area contributed by atoms with Crippen molar-refractivity contribution in [2.24, 2.45) is 0 Å². The lowest BCUT2D eigenvalue weighted by Crippen LogP contribution is -2.23. The van der Waals surface area contributed by atoms with Crippen molar-refractivity contribution < 1.29 is 13.2 Å². The average molecular weight is 319 g/mol. The summed E-state index contributed by atoms with van der Waals surface area (Å²) in [4.78, 5) is 0.262. The van der Waals surface area contributed by atoms with Gasteiger partial charge in [0, 0.05) is 6.54 Å². The summed E-state index contributed by atoms with van der Waals surface area (Å²) in [6.07, 6.45) is 0.713. The van der Waals surface area contributed by atoms with Crippen LogP contribution in [0.4, 0.5) is 0 Å². The molecule has 22 heavy (non-hydrogen) atoms. The second-order valence-electron chi connectivity index (χ2n) is 5.14. The SMILES string of the molecule is CCc1cc(S(=O)(=O)NCc2cccc(C)c2)ccc1OC. The molecular weight excluding hydrogens is 298 g/mol. The van der Waals surface area contributed by atoms with E-state index in [0.29, 0.717) is 12.2 Å². The van der Waals surface area contributed by atoms with E-state index in [1.54, 1.807) is 25.3 Å². The molecule has 0 amide bonds. The number of hydrogen-bond donors (Lipinski definition) is 1. The van der Waals surface area contributed by atoms with Gasteiger partial charge in [0.05, 0.1) is 12.0 Å². The monoisotopic (exact) mass is 319 g/mol. The fraction of sp³-hybridized carbons (Fsp3) is 0.294. The van der Waals surface area contributed by atoms with Crippen LogP contribution in [0.5, 0.6) is 5.75 Å². The molecule has 0 fully saturated rings. The van der Waals surface area contributed by atoms with Gasteiger partial charge in [-0.3, -0.25) is 0 Å². The van der Waals surface area contributed by atoms with Crippen LogP contribution in [0.2, 0.25) is 0 Å². The van der Waals surface area contributed by atoms with Crippen molar-refractivity contribution >= 4 is 10.0 Å². The zero-order valence-corrected chi connectivity index (χ0v) is 13.9. The first kappa shape index (κ1) is 16.5. The molecular formula is C17H21NO3S. The molecule has 2 aromatic carbocycles. The number of nitrogens with one attached hydrogen (secondary N) is 1. The fourth-order valence-electron chi connectivity index (χ4n) is 2.28. The van der Waals surface area contributed by atoms with Crippen LogP contribution >= 0.6 is 0 Å². The molecule has 0 heterocycles. The summed E-state index contributed by atoms with van der Waals surface area (Å²) >= 11 is 0. The van der Waals surface area contributed by atoms with E-state index in [2.05, 4.69) is 4.72 Å². The van der Waals surface area contributed by atoms with Crippen LogP contribution < -0.4 is 9.46 Å². The molecule has 0 unspecified atom stereocenters. The van der Waals surface area contributed by atoms with Crippen molar-refractivity contribution in [1.29, 1.82) is 0 Å². The summed E-state index contributed by atoms with van der Waals surface area (Å²) in [6.45, 7) is 4.22. The van der Waals surface area contributed by atoms with Gasteiger partial charge >= 0.3 is 0 Å². The molecule has 0 saturated heterocycles. The Morgan fingerprint density at radius 1 is 1.14 bits per heavy atom. The van der Waals surface area contributed by atoms with Crippen LogP contribution in [0, 0.1) is 6.92 Å². The molecule has 2 aromatic rings. The zero-order valence-electron chi connectivity index (χ0n) is 13.1. The number of benzene rings is 2. The third-order valence-electron chi connectivity index (χ3n) is 3.49.